The summed E-state index contributed by atoms with van der Waals surface area (Å²) in [5, 5.41) is 0. The van der Waals surface area contributed by atoms with Crippen molar-refractivity contribution >= 4 is 0 Å². The number of benzene rings is 2. The molecule has 0 radical (unpaired) electrons. The van der Waals surface area contributed by atoms with Gasteiger partial charge in [-0.25, -0.2) is 0 Å². The summed E-state index contributed by atoms with van der Waals surface area (Å²) >= 11 is 0. The van der Waals surface area contributed by atoms with Crippen LogP contribution in [0.25, 0.3) is 0 Å². The van der Waals surface area contributed by atoms with Gasteiger partial charge in [0.2, 0.25) is 0 Å². The van der Waals surface area contributed by atoms with Crippen molar-refractivity contribution in [3.05, 3.63) is 65.2 Å². The smallest absolute Gasteiger partial charge is 0.119 e. The van der Waals surface area contributed by atoms with Crippen LogP contribution in [0.5, 0.6) is 5.75 Å². The molecule has 0 aliphatic rings. The van der Waals surface area contributed by atoms with E-state index in [-0.39, 0.29) is 0 Å². The van der Waals surface area contributed by atoms with E-state index in [1.54, 1.807) is 0 Å². The van der Waals surface area contributed by atoms with Crippen molar-refractivity contribution in [3.63, 3.8) is 0 Å². The van der Waals surface area contributed by atoms with Crippen molar-refractivity contribution in [3.8, 4) is 29.4 Å². The Balaban J connectivity index is 1.82. The zero-order valence-electron chi connectivity index (χ0n) is 17.4. The maximum absolute atomic E-state index is 5.74. The first-order chi connectivity index (χ1) is 13.8. The van der Waals surface area contributed by atoms with Crippen molar-refractivity contribution in [2.45, 2.75) is 65.2 Å². The minimum atomic E-state index is 0.785. The monoisotopic (exact) mass is 372 g/mol. The predicted octanol–water partition coefficient (Wildman–Crippen LogP) is 6.98. The van der Waals surface area contributed by atoms with Crippen LogP contribution < -0.4 is 4.74 Å². The fourth-order valence-electron chi connectivity index (χ4n) is 2.76. The number of unbranched alkanes of at least 4 members (excludes halogenated alkanes) is 6. The average molecular weight is 373 g/mol. The molecule has 0 amide bonds. The fourth-order valence-corrected chi connectivity index (χ4v) is 2.76. The van der Waals surface area contributed by atoms with E-state index in [4.69, 9.17) is 4.74 Å². The van der Waals surface area contributed by atoms with Gasteiger partial charge in [-0.3, -0.25) is 0 Å². The standard InChI is InChI=1S/C27H32O/c1-3-5-7-8-9-10-12-24-13-15-25(16-14-24)17-18-26-19-21-27(22-20-26)28-23-11-6-4-2/h13-16,19-22H,3-9,11,23H2,1-2H3. The Kier molecular flexibility index (Phi) is 10.5. The van der Waals surface area contributed by atoms with Gasteiger partial charge in [-0.05, 0) is 61.4 Å². The summed E-state index contributed by atoms with van der Waals surface area (Å²) in [6, 6.07) is 16.2. The summed E-state index contributed by atoms with van der Waals surface area (Å²) < 4.78 is 5.74. The molecule has 2 aromatic rings. The molecule has 0 saturated heterocycles. The van der Waals surface area contributed by atoms with Crippen molar-refractivity contribution in [2.75, 3.05) is 6.61 Å². The third kappa shape index (κ3) is 8.83. The van der Waals surface area contributed by atoms with Gasteiger partial charge in [-0.2, -0.15) is 0 Å². The second kappa shape index (κ2) is 13.5. The van der Waals surface area contributed by atoms with Crippen molar-refractivity contribution in [1.29, 1.82) is 0 Å². The van der Waals surface area contributed by atoms with Gasteiger partial charge in [0.05, 0.1) is 6.61 Å². The molecule has 146 valence electrons. The van der Waals surface area contributed by atoms with E-state index in [2.05, 4.69) is 49.7 Å². The first kappa shape index (κ1) is 21.7. The van der Waals surface area contributed by atoms with Crippen LogP contribution in [0.1, 0.15) is 81.9 Å². The van der Waals surface area contributed by atoms with Crippen LogP contribution in [0.3, 0.4) is 0 Å². The van der Waals surface area contributed by atoms with E-state index in [0.29, 0.717) is 0 Å². The third-order valence-corrected chi connectivity index (χ3v) is 4.50. The molecule has 0 heterocycles. The highest BCUT2D eigenvalue weighted by Gasteiger charge is 1.94. The predicted molar refractivity (Wildman–Crippen MR) is 120 cm³/mol. The van der Waals surface area contributed by atoms with Gasteiger partial charge in [0.1, 0.15) is 5.75 Å². The molecule has 0 spiro atoms. The van der Waals surface area contributed by atoms with E-state index in [9.17, 15) is 0 Å². The maximum atomic E-state index is 5.74. The van der Waals surface area contributed by atoms with Crippen molar-refractivity contribution in [2.24, 2.45) is 0 Å². The van der Waals surface area contributed by atoms with Gasteiger partial charge < -0.3 is 4.74 Å². The van der Waals surface area contributed by atoms with E-state index in [1.165, 1.54) is 38.5 Å². The van der Waals surface area contributed by atoms with Gasteiger partial charge >= 0.3 is 0 Å². The highest BCUT2D eigenvalue weighted by atomic mass is 16.5. The van der Waals surface area contributed by atoms with Crippen LogP contribution in [0, 0.1) is 23.7 Å². The lowest BCUT2D eigenvalue weighted by Gasteiger charge is -2.05. The maximum Gasteiger partial charge on any atom is 0.119 e. The Morgan fingerprint density at radius 3 is 1.75 bits per heavy atom. The molecule has 0 fully saturated rings. The second-order valence-corrected chi connectivity index (χ2v) is 7.02. The summed E-state index contributed by atoms with van der Waals surface area (Å²) in [7, 11) is 0. The number of hydrogen-bond acceptors (Lipinski definition) is 1. The molecule has 0 bridgehead atoms. The quantitative estimate of drug-likeness (QED) is 0.341. The van der Waals surface area contributed by atoms with Gasteiger partial charge in [-0.15, -0.1) is 0 Å². The van der Waals surface area contributed by atoms with Gasteiger partial charge in [0, 0.05) is 23.1 Å². The second-order valence-electron chi connectivity index (χ2n) is 7.02. The molecule has 1 nitrogen and oxygen atoms in total. The Bertz CT molecular complexity index is 792. The lowest BCUT2D eigenvalue weighted by molar-refractivity contribution is 0.306. The molecule has 28 heavy (non-hydrogen) atoms. The molecule has 0 saturated carbocycles. The summed E-state index contributed by atoms with van der Waals surface area (Å²) in [6.07, 6.45) is 9.59. The Labute approximate surface area is 171 Å². The normalized spacial score (nSPS) is 9.79. The summed E-state index contributed by atoms with van der Waals surface area (Å²) in [6.45, 7) is 5.21. The van der Waals surface area contributed by atoms with Crippen molar-refractivity contribution < 1.29 is 4.74 Å². The Morgan fingerprint density at radius 1 is 0.607 bits per heavy atom. The van der Waals surface area contributed by atoms with E-state index in [0.717, 1.165) is 41.9 Å². The first-order valence-electron chi connectivity index (χ1n) is 10.7. The van der Waals surface area contributed by atoms with Crippen molar-refractivity contribution in [1.82, 2.24) is 0 Å². The Morgan fingerprint density at radius 2 is 1.14 bits per heavy atom. The molecule has 2 aromatic carbocycles. The molecule has 0 atom stereocenters. The highest BCUT2D eigenvalue weighted by Crippen LogP contribution is 2.12. The van der Waals surface area contributed by atoms with Crippen LogP contribution >= 0.6 is 0 Å². The molecular formula is C27H32O. The molecule has 0 unspecified atom stereocenters. The lowest BCUT2D eigenvalue weighted by Crippen LogP contribution is -1.96. The van der Waals surface area contributed by atoms with Gasteiger partial charge in [-0.1, -0.05) is 69.6 Å². The molecular weight excluding hydrogens is 340 g/mol. The van der Waals surface area contributed by atoms with Crippen LogP contribution in [0.4, 0.5) is 0 Å². The summed E-state index contributed by atoms with van der Waals surface area (Å²) in [5.41, 5.74) is 3.07. The summed E-state index contributed by atoms with van der Waals surface area (Å²) in [5.74, 6) is 13.9. The minimum Gasteiger partial charge on any atom is -0.494 e. The molecule has 0 aliphatic carbocycles. The molecule has 2 rings (SSSR count). The first-order valence-corrected chi connectivity index (χ1v) is 10.7. The topological polar surface area (TPSA) is 9.23 Å². The Hall–Kier alpha value is -2.64. The molecule has 0 aromatic heterocycles. The molecule has 1 heteroatoms. The summed E-state index contributed by atoms with van der Waals surface area (Å²) in [4.78, 5) is 0. The zero-order chi connectivity index (χ0) is 19.9. The molecule has 0 N–H and O–H groups in total. The van der Waals surface area contributed by atoms with E-state index >= 15 is 0 Å². The van der Waals surface area contributed by atoms with Crippen LogP contribution in [0.2, 0.25) is 0 Å². The number of ether oxygens (including phenoxy) is 1. The highest BCUT2D eigenvalue weighted by molar-refractivity contribution is 5.46. The van der Waals surface area contributed by atoms with E-state index < -0.39 is 0 Å². The number of rotatable bonds is 9. The van der Waals surface area contributed by atoms with Crippen LogP contribution in [-0.2, 0) is 0 Å². The average Bonchev–Trinajstić information content (AvgIpc) is 2.74. The lowest BCUT2D eigenvalue weighted by atomic mass is 10.1. The van der Waals surface area contributed by atoms with Gasteiger partial charge in [0.15, 0.2) is 0 Å². The zero-order valence-corrected chi connectivity index (χ0v) is 17.4. The fraction of sp³-hybridized carbons (Fsp3) is 0.407. The van der Waals surface area contributed by atoms with E-state index in [1.807, 2.05) is 36.4 Å². The minimum absolute atomic E-state index is 0.785. The van der Waals surface area contributed by atoms with Gasteiger partial charge in [0.25, 0.3) is 0 Å². The largest absolute Gasteiger partial charge is 0.494 e. The number of hydrogen-bond donors (Lipinski definition) is 0. The van der Waals surface area contributed by atoms with Crippen LogP contribution in [-0.4, -0.2) is 6.61 Å². The van der Waals surface area contributed by atoms with Crippen LogP contribution in [0.15, 0.2) is 48.5 Å². The SMILES string of the molecule is CCCCCCC#Cc1ccc(C#Cc2ccc(OCCCCC)cc2)cc1. The molecule has 0 aliphatic heterocycles. The third-order valence-electron chi connectivity index (χ3n) is 4.50.